The number of thioether (sulfide) groups is 1. The van der Waals surface area contributed by atoms with Gasteiger partial charge in [0.2, 0.25) is 5.89 Å². The Hall–Kier alpha value is -1.71. The van der Waals surface area contributed by atoms with Crippen LogP contribution in [0.3, 0.4) is 0 Å². The topological polar surface area (TPSA) is 83.0 Å². The number of hydrogen-bond donors (Lipinski definition) is 0. The molecule has 3 aromatic heterocycles. The Morgan fingerprint density at radius 1 is 1.32 bits per heavy atom. The summed E-state index contributed by atoms with van der Waals surface area (Å²) in [5.74, 6) is 2.20. The number of fused-ring (bicyclic) bond motifs is 1. The van der Waals surface area contributed by atoms with Gasteiger partial charge in [0.15, 0.2) is 11.0 Å². The Balaban J connectivity index is 1.92. The maximum absolute atomic E-state index is 13.2. The van der Waals surface area contributed by atoms with Crippen molar-refractivity contribution in [3.63, 3.8) is 0 Å². The smallest absolute Gasteiger partial charge is 0.263 e. The van der Waals surface area contributed by atoms with Crippen LogP contribution in [-0.2, 0) is 29.9 Å². The Morgan fingerprint density at radius 2 is 2.11 bits per heavy atom. The number of rotatable bonds is 9. The standard InChI is InChI=1S/C19H26N4O3S2/c1-6-13-12(4)28-17-16(13)18(24)23(7-8-25-5)19(21-17)27-10-15-20-14(22-26-15)9-11(2)3/h11H,6-10H2,1-5H3. The average molecular weight is 423 g/mol. The number of hydrogen-bond acceptors (Lipinski definition) is 8. The van der Waals surface area contributed by atoms with Crippen molar-refractivity contribution < 1.29 is 9.26 Å². The highest BCUT2D eigenvalue weighted by Crippen LogP contribution is 2.30. The molecule has 0 atom stereocenters. The maximum atomic E-state index is 13.2. The molecule has 0 radical (unpaired) electrons. The van der Waals surface area contributed by atoms with E-state index in [4.69, 9.17) is 14.2 Å². The molecular formula is C19H26N4O3S2. The lowest BCUT2D eigenvalue weighted by atomic mass is 10.1. The molecule has 0 spiro atoms. The predicted octanol–water partition coefficient (Wildman–Crippen LogP) is 3.85. The number of aromatic nitrogens is 4. The van der Waals surface area contributed by atoms with Crippen molar-refractivity contribution in [3.8, 4) is 0 Å². The van der Waals surface area contributed by atoms with Gasteiger partial charge in [-0.05, 0) is 24.8 Å². The van der Waals surface area contributed by atoms with Crippen molar-refractivity contribution in [3.05, 3.63) is 32.5 Å². The molecule has 0 bridgehead atoms. The first-order valence-electron chi connectivity index (χ1n) is 9.40. The van der Waals surface area contributed by atoms with E-state index in [0.717, 1.165) is 33.5 Å². The summed E-state index contributed by atoms with van der Waals surface area (Å²) in [4.78, 5) is 24.4. The second-order valence-corrected chi connectivity index (χ2v) is 9.15. The fourth-order valence-corrected chi connectivity index (χ4v) is 5.09. The second kappa shape index (κ2) is 9.19. The minimum atomic E-state index is -0.00299. The van der Waals surface area contributed by atoms with E-state index in [-0.39, 0.29) is 5.56 Å². The molecule has 0 aliphatic heterocycles. The summed E-state index contributed by atoms with van der Waals surface area (Å²) >= 11 is 3.02. The summed E-state index contributed by atoms with van der Waals surface area (Å²) in [6.07, 6.45) is 1.60. The predicted molar refractivity (Wildman–Crippen MR) is 112 cm³/mol. The number of nitrogens with zero attached hydrogens (tertiary/aromatic N) is 4. The first kappa shape index (κ1) is 21.0. The largest absolute Gasteiger partial charge is 0.383 e. The van der Waals surface area contributed by atoms with E-state index < -0.39 is 0 Å². The van der Waals surface area contributed by atoms with Crippen LogP contribution in [0.25, 0.3) is 10.2 Å². The quantitative estimate of drug-likeness (QED) is 0.382. The van der Waals surface area contributed by atoms with Crippen LogP contribution in [0, 0.1) is 12.8 Å². The summed E-state index contributed by atoms with van der Waals surface area (Å²) in [6.45, 7) is 9.26. The summed E-state index contributed by atoms with van der Waals surface area (Å²) in [6, 6.07) is 0. The fraction of sp³-hybridized carbons (Fsp3) is 0.579. The lowest BCUT2D eigenvalue weighted by Gasteiger charge is -2.11. The molecule has 0 aliphatic carbocycles. The highest BCUT2D eigenvalue weighted by molar-refractivity contribution is 7.98. The number of methoxy groups -OCH3 is 1. The lowest BCUT2D eigenvalue weighted by Crippen LogP contribution is -2.25. The molecule has 0 N–H and O–H groups in total. The van der Waals surface area contributed by atoms with E-state index in [1.807, 2.05) is 6.92 Å². The zero-order chi connectivity index (χ0) is 20.3. The molecule has 9 heteroatoms. The van der Waals surface area contributed by atoms with Crippen LogP contribution in [0.4, 0.5) is 0 Å². The lowest BCUT2D eigenvalue weighted by molar-refractivity contribution is 0.183. The molecule has 0 saturated carbocycles. The van der Waals surface area contributed by atoms with Gasteiger partial charge < -0.3 is 9.26 Å². The van der Waals surface area contributed by atoms with Crippen molar-refractivity contribution in [2.45, 2.75) is 58.0 Å². The van der Waals surface area contributed by atoms with E-state index in [2.05, 4.69) is 30.9 Å². The number of aryl methyl sites for hydroxylation is 2. The van der Waals surface area contributed by atoms with Crippen LogP contribution in [0.15, 0.2) is 14.5 Å². The average Bonchev–Trinajstić information content (AvgIpc) is 3.21. The van der Waals surface area contributed by atoms with Gasteiger partial charge in [-0.25, -0.2) is 4.98 Å². The summed E-state index contributed by atoms with van der Waals surface area (Å²) < 4.78 is 12.2. The van der Waals surface area contributed by atoms with Gasteiger partial charge >= 0.3 is 0 Å². The van der Waals surface area contributed by atoms with Gasteiger partial charge in [-0.2, -0.15) is 4.98 Å². The molecule has 152 valence electrons. The molecule has 0 aromatic carbocycles. The molecule has 0 unspecified atom stereocenters. The van der Waals surface area contributed by atoms with Crippen molar-refractivity contribution in [2.75, 3.05) is 13.7 Å². The van der Waals surface area contributed by atoms with E-state index in [1.54, 1.807) is 23.0 Å². The number of thiophene rings is 1. The Morgan fingerprint density at radius 3 is 2.79 bits per heavy atom. The highest BCUT2D eigenvalue weighted by Gasteiger charge is 2.19. The fourth-order valence-electron chi connectivity index (χ4n) is 3.07. The summed E-state index contributed by atoms with van der Waals surface area (Å²) in [5, 5.41) is 5.42. The van der Waals surface area contributed by atoms with Crippen LogP contribution in [0.2, 0.25) is 0 Å². The van der Waals surface area contributed by atoms with Crippen molar-refractivity contribution in [1.29, 1.82) is 0 Å². The Labute approximate surface area is 172 Å². The molecule has 28 heavy (non-hydrogen) atoms. The molecule has 3 heterocycles. The number of ether oxygens (including phenoxy) is 1. The molecule has 7 nitrogen and oxygen atoms in total. The zero-order valence-corrected chi connectivity index (χ0v) is 18.6. The van der Waals surface area contributed by atoms with Gasteiger partial charge in [0, 0.05) is 18.4 Å². The van der Waals surface area contributed by atoms with E-state index >= 15 is 0 Å². The van der Waals surface area contributed by atoms with Crippen LogP contribution in [0.5, 0.6) is 0 Å². The van der Waals surface area contributed by atoms with E-state index in [1.165, 1.54) is 11.8 Å². The summed E-state index contributed by atoms with van der Waals surface area (Å²) in [7, 11) is 1.63. The van der Waals surface area contributed by atoms with Gasteiger partial charge in [0.05, 0.1) is 24.3 Å². The third-order valence-corrected chi connectivity index (χ3v) is 6.38. The minimum Gasteiger partial charge on any atom is -0.383 e. The molecule has 0 saturated heterocycles. The van der Waals surface area contributed by atoms with Crippen molar-refractivity contribution in [1.82, 2.24) is 19.7 Å². The molecule has 0 amide bonds. The maximum Gasteiger partial charge on any atom is 0.263 e. The third-order valence-electron chi connectivity index (χ3n) is 4.38. The van der Waals surface area contributed by atoms with Crippen LogP contribution in [-0.4, -0.2) is 33.4 Å². The SMILES string of the molecule is CCc1c(C)sc2nc(SCc3nc(CC(C)C)no3)n(CCOC)c(=O)c12. The molecule has 3 rings (SSSR count). The van der Waals surface area contributed by atoms with Gasteiger partial charge in [-0.3, -0.25) is 9.36 Å². The van der Waals surface area contributed by atoms with Crippen LogP contribution < -0.4 is 5.56 Å². The molecule has 3 aromatic rings. The van der Waals surface area contributed by atoms with Crippen LogP contribution >= 0.6 is 23.1 Å². The van der Waals surface area contributed by atoms with E-state index in [9.17, 15) is 4.79 Å². The van der Waals surface area contributed by atoms with Crippen LogP contribution in [0.1, 0.15) is 42.9 Å². The zero-order valence-electron chi connectivity index (χ0n) is 16.9. The van der Waals surface area contributed by atoms with Crippen molar-refractivity contribution in [2.24, 2.45) is 5.92 Å². The Bertz CT molecular complexity index is 1010. The third kappa shape index (κ3) is 4.47. The normalized spacial score (nSPS) is 11.8. The van der Waals surface area contributed by atoms with Crippen molar-refractivity contribution >= 4 is 33.3 Å². The van der Waals surface area contributed by atoms with Gasteiger partial charge in [0.25, 0.3) is 5.56 Å². The minimum absolute atomic E-state index is 0.00299. The first-order chi connectivity index (χ1) is 13.4. The first-order valence-corrected chi connectivity index (χ1v) is 11.2. The second-order valence-electron chi connectivity index (χ2n) is 7.01. The van der Waals surface area contributed by atoms with Gasteiger partial charge in [0.1, 0.15) is 4.83 Å². The van der Waals surface area contributed by atoms with Gasteiger partial charge in [-0.15, -0.1) is 11.3 Å². The highest BCUT2D eigenvalue weighted by atomic mass is 32.2. The van der Waals surface area contributed by atoms with Gasteiger partial charge in [-0.1, -0.05) is 37.7 Å². The summed E-state index contributed by atoms with van der Waals surface area (Å²) in [5.41, 5.74) is 1.09. The monoisotopic (exact) mass is 422 g/mol. The molecule has 0 fully saturated rings. The molecular weight excluding hydrogens is 396 g/mol. The van der Waals surface area contributed by atoms with E-state index in [0.29, 0.717) is 41.7 Å². The Kier molecular flexibility index (Phi) is 6.90. The molecule has 0 aliphatic rings.